The number of carbonyl (C=O) groups excluding carboxylic acids is 3. The minimum Gasteiger partial charge on any atom is -0.494 e. The van der Waals surface area contributed by atoms with Gasteiger partial charge in [0.25, 0.3) is 11.8 Å². The Kier molecular flexibility index (Phi) is 9.98. The second kappa shape index (κ2) is 13.8. The summed E-state index contributed by atoms with van der Waals surface area (Å²) in [5, 5.41) is 6.41. The molecule has 3 aromatic carbocycles. The molecule has 2 N–H and O–H groups in total. The monoisotopic (exact) mass is 501 g/mol. The SMILES string of the molecule is CCOc1ccc(C(=O)NCC(=O)NN=Cc2ccc(OC(=O)C=Cc3ccccc3)c(OC)c2)cc1. The highest BCUT2D eigenvalue weighted by molar-refractivity contribution is 5.96. The van der Waals surface area contributed by atoms with Crippen LogP contribution in [-0.2, 0) is 9.59 Å². The summed E-state index contributed by atoms with van der Waals surface area (Å²) in [7, 11) is 1.45. The van der Waals surface area contributed by atoms with Crippen LogP contribution in [0.15, 0.2) is 84.0 Å². The van der Waals surface area contributed by atoms with Crippen LogP contribution in [0.2, 0.25) is 0 Å². The Hall–Kier alpha value is -4.92. The zero-order chi connectivity index (χ0) is 26.5. The molecule has 3 rings (SSSR count). The molecule has 3 aromatic rings. The smallest absolute Gasteiger partial charge is 0.336 e. The van der Waals surface area contributed by atoms with Crippen molar-refractivity contribution >= 4 is 30.1 Å². The van der Waals surface area contributed by atoms with Crippen molar-refractivity contribution in [1.82, 2.24) is 10.7 Å². The van der Waals surface area contributed by atoms with E-state index in [2.05, 4.69) is 15.8 Å². The van der Waals surface area contributed by atoms with Crippen molar-refractivity contribution in [3.63, 3.8) is 0 Å². The second-order valence-electron chi connectivity index (χ2n) is 7.51. The van der Waals surface area contributed by atoms with E-state index < -0.39 is 17.8 Å². The molecule has 0 saturated carbocycles. The quantitative estimate of drug-likeness (QED) is 0.136. The number of nitrogens with one attached hydrogen (secondary N) is 2. The van der Waals surface area contributed by atoms with Crippen LogP contribution in [0.4, 0.5) is 0 Å². The summed E-state index contributed by atoms with van der Waals surface area (Å²) in [6.07, 6.45) is 4.38. The van der Waals surface area contributed by atoms with Gasteiger partial charge in [-0.25, -0.2) is 10.2 Å². The number of benzene rings is 3. The van der Waals surface area contributed by atoms with Gasteiger partial charge < -0.3 is 19.5 Å². The van der Waals surface area contributed by atoms with Gasteiger partial charge in [0.2, 0.25) is 0 Å². The van der Waals surface area contributed by atoms with Gasteiger partial charge in [-0.1, -0.05) is 30.3 Å². The molecule has 0 aromatic heterocycles. The minimum atomic E-state index is -0.553. The van der Waals surface area contributed by atoms with Crippen molar-refractivity contribution in [2.24, 2.45) is 5.10 Å². The minimum absolute atomic E-state index is 0.239. The molecular formula is C28H27N3O6. The Balaban J connectivity index is 1.48. The number of rotatable bonds is 11. The maximum absolute atomic E-state index is 12.2. The summed E-state index contributed by atoms with van der Waals surface area (Å²) >= 11 is 0. The Morgan fingerprint density at radius 3 is 2.38 bits per heavy atom. The van der Waals surface area contributed by atoms with Crippen LogP contribution >= 0.6 is 0 Å². The number of hydrogen-bond donors (Lipinski definition) is 2. The molecule has 0 aliphatic heterocycles. The van der Waals surface area contributed by atoms with Gasteiger partial charge in [-0.15, -0.1) is 0 Å². The number of carbonyl (C=O) groups is 3. The number of hydrogen-bond acceptors (Lipinski definition) is 7. The third-order valence-electron chi connectivity index (χ3n) is 4.85. The normalized spacial score (nSPS) is 10.8. The van der Waals surface area contributed by atoms with Crippen LogP contribution in [0.5, 0.6) is 17.2 Å². The van der Waals surface area contributed by atoms with Gasteiger partial charge in [0.15, 0.2) is 11.5 Å². The first-order valence-corrected chi connectivity index (χ1v) is 11.4. The largest absolute Gasteiger partial charge is 0.494 e. The van der Waals surface area contributed by atoms with Crippen LogP contribution < -0.4 is 25.0 Å². The van der Waals surface area contributed by atoms with E-state index in [4.69, 9.17) is 14.2 Å². The lowest BCUT2D eigenvalue weighted by atomic mass is 10.2. The summed E-state index contributed by atoms with van der Waals surface area (Å²) in [5.74, 6) is -0.228. The van der Waals surface area contributed by atoms with Gasteiger partial charge in [-0.3, -0.25) is 9.59 Å². The molecule has 0 aliphatic carbocycles. The first kappa shape index (κ1) is 26.7. The van der Waals surface area contributed by atoms with E-state index in [-0.39, 0.29) is 12.3 Å². The predicted molar refractivity (Wildman–Crippen MR) is 140 cm³/mol. The number of esters is 1. The van der Waals surface area contributed by atoms with Crippen molar-refractivity contribution in [2.75, 3.05) is 20.3 Å². The van der Waals surface area contributed by atoms with Crippen LogP contribution in [0.1, 0.15) is 28.4 Å². The highest BCUT2D eigenvalue weighted by atomic mass is 16.6. The van der Waals surface area contributed by atoms with E-state index in [1.165, 1.54) is 19.4 Å². The maximum atomic E-state index is 12.2. The number of methoxy groups -OCH3 is 1. The maximum Gasteiger partial charge on any atom is 0.336 e. The summed E-state index contributed by atoms with van der Waals surface area (Å²) < 4.78 is 16.0. The zero-order valence-corrected chi connectivity index (χ0v) is 20.5. The fourth-order valence-electron chi connectivity index (χ4n) is 3.07. The van der Waals surface area contributed by atoms with Crippen LogP contribution in [0.3, 0.4) is 0 Å². The highest BCUT2D eigenvalue weighted by Gasteiger charge is 2.10. The van der Waals surface area contributed by atoms with Crippen LogP contribution in [0.25, 0.3) is 6.08 Å². The Labute approximate surface area is 214 Å². The van der Waals surface area contributed by atoms with Crippen molar-refractivity contribution < 1.29 is 28.6 Å². The van der Waals surface area contributed by atoms with E-state index in [9.17, 15) is 14.4 Å². The van der Waals surface area contributed by atoms with E-state index in [1.807, 2.05) is 37.3 Å². The van der Waals surface area contributed by atoms with Crippen molar-refractivity contribution in [3.05, 3.63) is 95.6 Å². The van der Waals surface area contributed by atoms with E-state index >= 15 is 0 Å². The fraction of sp³-hybridized carbons (Fsp3) is 0.143. The van der Waals surface area contributed by atoms with Gasteiger partial charge in [-0.05, 0) is 66.6 Å². The molecule has 0 bridgehead atoms. The van der Waals surface area contributed by atoms with Crippen LogP contribution in [-0.4, -0.2) is 44.3 Å². The molecule has 37 heavy (non-hydrogen) atoms. The van der Waals surface area contributed by atoms with Crippen molar-refractivity contribution in [1.29, 1.82) is 0 Å². The van der Waals surface area contributed by atoms with Crippen molar-refractivity contribution in [2.45, 2.75) is 6.92 Å². The van der Waals surface area contributed by atoms with E-state index in [0.29, 0.717) is 29.2 Å². The standard InChI is InChI=1S/C28H27N3O6/c1-3-36-23-13-11-22(12-14-23)28(34)29-19-26(32)31-30-18-21-9-15-24(25(17-21)35-2)37-27(33)16-10-20-7-5-4-6-8-20/h4-18H,3,19H2,1-2H3,(H,29,34)(H,31,32). The summed E-state index contributed by atoms with van der Waals surface area (Å²) in [6, 6.07) is 20.8. The first-order valence-electron chi connectivity index (χ1n) is 11.4. The molecule has 0 heterocycles. The average Bonchev–Trinajstić information content (AvgIpc) is 2.92. The lowest BCUT2D eigenvalue weighted by Gasteiger charge is -2.08. The van der Waals surface area contributed by atoms with Gasteiger partial charge in [0, 0.05) is 11.6 Å². The Bertz CT molecular complexity index is 1270. The molecule has 0 spiro atoms. The fourth-order valence-corrected chi connectivity index (χ4v) is 3.07. The third kappa shape index (κ3) is 8.66. The molecule has 0 radical (unpaired) electrons. The Morgan fingerprint density at radius 1 is 0.919 bits per heavy atom. The molecule has 0 fully saturated rings. The summed E-state index contributed by atoms with van der Waals surface area (Å²) in [6.45, 7) is 2.15. The number of ether oxygens (including phenoxy) is 3. The molecule has 9 nitrogen and oxygen atoms in total. The number of nitrogens with zero attached hydrogens (tertiary/aromatic N) is 1. The average molecular weight is 502 g/mol. The third-order valence-corrected chi connectivity index (χ3v) is 4.85. The molecule has 0 saturated heterocycles. The number of hydrazone groups is 1. The van der Waals surface area contributed by atoms with Gasteiger partial charge in [-0.2, -0.15) is 5.10 Å². The first-order chi connectivity index (χ1) is 18.0. The van der Waals surface area contributed by atoms with Gasteiger partial charge >= 0.3 is 5.97 Å². The zero-order valence-electron chi connectivity index (χ0n) is 20.5. The van der Waals surface area contributed by atoms with E-state index in [0.717, 1.165) is 5.56 Å². The van der Waals surface area contributed by atoms with E-state index in [1.54, 1.807) is 48.5 Å². The number of amides is 2. The topological polar surface area (TPSA) is 115 Å². The molecule has 0 aliphatic rings. The summed E-state index contributed by atoms with van der Waals surface area (Å²) in [5.41, 5.74) is 4.21. The molecule has 9 heteroatoms. The molecule has 0 atom stereocenters. The van der Waals surface area contributed by atoms with Gasteiger partial charge in [0.05, 0.1) is 26.5 Å². The Morgan fingerprint density at radius 2 is 1.68 bits per heavy atom. The van der Waals surface area contributed by atoms with Crippen molar-refractivity contribution in [3.8, 4) is 17.2 Å². The van der Waals surface area contributed by atoms with Gasteiger partial charge in [0.1, 0.15) is 5.75 Å². The predicted octanol–water partition coefficient (Wildman–Crippen LogP) is 3.59. The lowest BCUT2D eigenvalue weighted by Crippen LogP contribution is -2.34. The second-order valence-corrected chi connectivity index (χ2v) is 7.51. The molecule has 2 amide bonds. The highest BCUT2D eigenvalue weighted by Crippen LogP contribution is 2.27. The van der Waals surface area contributed by atoms with Crippen LogP contribution in [0, 0.1) is 0 Å². The molecule has 0 unspecified atom stereocenters. The molecule has 190 valence electrons. The summed E-state index contributed by atoms with van der Waals surface area (Å²) in [4.78, 5) is 36.4. The molecular weight excluding hydrogens is 474 g/mol. The lowest BCUT2D eigenvalue weighted by molar-refractivity contribution is -0.129.